The molecule has 0 amide bonds. The van der Waals surface area contributed by atoms with Gasteiger partial charge in [-0.1, -0.05) is 20.9 Å². The number of aromatic amines is 3. The van der Waals surface area contributed by atoms with Gasteiger partial charge in [-0.2, -0.15) is 33.7 Å². The van der Waals surface area contributed by atoms with Crippen molar-refractivity contribution >= 4 is 181 Å². The van der Waals surface area contributed by atoms with E-state index in [0.29, 0.717) is 5.39 Å². The fourth-order valence-electron chi connectivity index (χ4n) is 15.1. The number of anilines is 6. The molecule has 0 spiro atoms. The molecule has 0 aliphatic carbocycles. The molecule has 12 aromatic rings. The molecule has 8 aliphatic rings. The highest BCUT2D eigenvalue weighted by molar-refractivity contribution is 8.07. The van der Waals surface area contributed by atoms with E-state index in [2.05, 4.69) is 111 Å². The fraction of sp³-hybridized carbons (Fsp3) is 0.534. The van der Waals surface area contributed by atoms with E-state index in [9.17, 15) is 57.4 Å². The van der Waals surface area contributed by atoms with Crippen LogP contribution in [-0.4, -0.2) is 308 Å². The number of nitrogen functional groups attached to an aromatic ring is 6. The topological polar surface area (TPSA) is 855 Å². The zero-order valence-corrected chi connectivity index (χ0v) is 75.1. The van der Waals surface area contributed by atoms with Crippen LogP contribution in [0.2, 0.25) is 0 Å². The maximum absolute atomic E-state index is 15.9. The number of ether oxygens (including phenoxy) is 6. The number of alkyl halides is 5. The predicted molar refractivity (Wildman–Crippen MR) is 444 cm³/mol. The van der Waals surface area contributed by atoms with Crippen molar-refractivity contribution in [3.63, 3.8) is 0 Å². The van der Waals surface area contributed by atoms with Gasteiger partial charge in [-0.3, -0.25) is 70.1 Å². The summed E-state index contributed by atoms with van der Waals surface area (Å²) in [6, 6.07) is 1.55. The molecule has 8 aliphatic heterocycles. The molecule has 8 fully saturated rings. The molecular formula is C58H68F5N33O30P6S3. The maximum Gasteiger partial charge on any atom is 0.472 e. The minimum absolute atomic E-state index is 0.0251. The first-order valence-corrected chi connectivity index (χ1v) is 50.8. The summed E-state index contributed by atoms with van der Waals surface area (Å²) in [5.74, 6) is -0.716. The first kappa shape index (κ1) is 95.9. The summed E-state index contributed by atoms with van der Waals surface area (Å²) >= 11 is 15.5. The van der Waals surface area contributed by atoms with Crippen LogP contribution in [0.1, 0.15) is 50.2 Å². The number of phosphoric acid groups is 3. The lowest BCUT2D eigenvalue weighted by atomic mass is 10.1. The van der Waals surface area contributed by atoms with E-state index in [4.69, 9.17) is 148 Å². The normalized spacial score (nSPS) is 34.5. The van der Waals surface area contributed by atoms with Crippen molar-refractivity contribution in [3.8, 4) is 0 Å². The Balaban J connectivity index is 0.000000135. The van der Waals surface area contributed by atoms with Gasteiger partial charge >= 0.3 is 43.6 Å². The van der Waals surface area contributed by atoms with Crippen LogP contribution >= 0.6 is 43.6 Å². The van der Waals surface area contributed by atoms with E-state index in [0.717, 1.165) is 49.4 Å². The van der Waals surface area contributed by atoms with Gasteiger partial charge < -0.3 is 115 Å². The summed E-state index contributed by atoms with van der Waals surface area (Å²) < 4.78 is 220. The lowest BCUT2D eigenvalue weighted by Gasteiger charge is -2.27. The summed E-state index contributed by atoms with van der Waals surface area (Å²) in [6.45, 7) is -17.1. The monoisotopic (exact) mass is 2080 g/mol. The SMILES string of the molecule is COP(=O)(O)OC[C@H]1O[C@@H](n2nnc3c(=O)[nH]c(N)nc32)[C@H](OP(O)(=S)OC[C@@H]2C[C@H](F)[C@H](n3nnc4c(N)ncnc43)O2)[C@H]1F.Nc1nc2c(ncn2[C@@H]2O[C@@H]3COP(=O)(O)O[C@H]4[C@H](F)[C@H](n5nnc6c(N)ncnc65)O[C@@H]4COP(O)(=S)O[C@@H]2[C@@H]3F)c(=O)[nH]1.Nc1nc2c(nnn2[C@@H]2O[C@@H]3COP(=O)(O)O[C@H]4[C@H](F)[C@H](n5ccc6c(N)ncnc65)O[C@@H]4COP(O)(=S)O[C@@H]2C3)c(=O)[nH]1. The summed E-state index contributed by atoms with van der Waals surface area (Å²) in [6.07, 6.45) is -29.8. The van der Waals surface area contributed by atoms with Crippen molar-refractivity contribution < 1.29 is 148 Å². The Labute approximate surface area is 757 Å². The molecule has 21 N–H and O–H groups in total. The molecule has 0 radical (unpaired) electrons. The average Bonchev–Trinajstić information content (AvgIpc) is 1.61. The Kier molecular flexibility index (Phi) is 26.3. The molecule has 0 saturated carbocycles. The van der Waals surface area contributed by atoms with Crippen LogP contribution in [0.3, 0.4) is 0 Å². The summed E-state index contributed by atoms with van der Waals surface area (Å²) in [5, 5.41) is 30.9. The molecule has 20 heterocycles. The molecule has 8 saturated heterocycles. The Morgan fingerprint density at radius 1 is 0.496 bits per heavy atom. The number of nitrogens with one attached hydrogen (secondary N) is 3. The average molecular weight is 2080 g/mol. The third-order valence-corrected chi connectivity index (χ3v) is 28.7. The predicted octanol–water partition coefficient (Wildman–Crippen LogP) is -1.94. The van der Waals surface area contributed by atoms with Gasteiger partial charge in [-0.25, -0.2) is 70.5 Å². The molecule has 28 atom stereocenters. The van der Waals surface area contributed by atoms with E-state index in [-0.39, 0.29) is 110 Å². The minimum Gasteiger partial charge on any atom is -0.383 e. The first-order valence-electron chi connectivity index (χ1n) is 38.6. The Bertz CT molecular complexity index is 7070. The number of hydrogen-bond donors (Lipinski definition) is 15. The van der Waals surface area contributed by atoms with Gasteiger partial charge in [0.05, 0.1) is 63.6 Å². The van der Waals surface area contributed by atoms with Gasteiger partial charge in [0.1, 0.15) is 91.6 Å². The Hall–Kier alpha value is -9.38. The molecule has 728 valence electrons. The summed E-state index contributed by atoms with van der Waals surface area (Å²) in [4.78, 5) is 147. The van der Waals surface area contributed by atoms with Crippen molar-refractivity contribution in [2.75, 3.05) is 81.2 Å². The number of imidazole rings is 1. The number of nitrogens with zero attached hydrogens (tertiary/aromatic N) is 24. The second-order valence-corrected chi connectivity index (χ2v) is 42.5. The van der Waals surface area contributed by atoms with Crippen LogP contribution < -0.4 is 51.1 Å². The number of hydrogen-bond acceptors (Lipinski definition) is 51. The van der Waals surface area contributed by atoms with Crippen molar-refractivity contribution in [1.29, 1.82) is 0 Å². The highest BCUT2D eigenvalue weighted by Gasteiger charge is 2.58. The molecule has 77 heteroatoms. The molecule has 12 aromatic heterocycles. The van der Waals surface area contributed by atoms with Gasteiger partial charge in [0.2, 0.25) is 17.8 Å². The smallest absolute Gasteiger partial charge is 0.383 e. The van der Waals surface area contributed by atoms with Gasteiger partial charge in [-0.05, 0) is 41.5 Å². The quantitative estimate of drug-likeness (QED) is 0.0392. The number of nitrogens with two attached hydrogens (primary N) is 6. The fourth-order valence-corrected chi connectivity index (χ4v) is 21.7. The zero-order chi connectivity index (χ0) is 95.8. The third kappa shape index (κ3) is 19.4. The second kappa shape index (κ2) is 37.1. The number of phosphoric ester groups is 3. The van der Waals surface area contributed by atoms with Gasteiger partial charge in [0.25, 0.3) is 16.7 Å². The van der Waals surface area contributed by atoms with Crippen LogP contribution in [0.15, 0.2) is 52.0 Å². The first-order chi connectivity index (χ1) is 64.0. The van der Waals surface area contributed by atoms with Crippen LogP contribution in [0, 0.1) is 0 Å². The maximum atomic E-state index is 15.9. The van der Waals surface area contributed by atoms with E-state index < -0.39 is 235 Å². The largest absolute Gasteiger partial charge is 0.472 e. The van der Waals surface area contributed by atoms with Crippen LogP contribution in [0.25, 0.3) is 66.9 Å². The Morgan fingerprint density at radius 2 is 1.00 bits per heavy atom. The van der Waals surface area contributed by atoms with Crippen LogP contribution in [0.5, 0.6) is 0 Å². The van der Waals surface area contributed by atoms with Crippen molar-refractivity contribution in [2.45, 2.75) is 148 Å². The molecule has 63 nitrogen and oxygen atoms in total. The third-order valence-electron chi connectivity index (χ3n) is 21.1. The highest BCUT2D eigenvalue weighted by Crippen LogP contribution is 2.59. The van der Waals surface area contributed by atoms with E-state index in [1.54, 1.807) is 6.07 Å². The standard InChI is InChI=1S/C20H23FN10O10P2S.C19H24F2N12O10P2S.C19H21F2N11O10P2S/c21-11-13-10(39-19(11)30-2-1-8-14(22)24-6-25-15(8)30)5-37-43(35,44)40-9-3-7(4-36-42(33,34)41-13)38-18(9)31-16-12(28-29-31)17(32)27-20(23)26-16;1-38-44(35,36)39-4-8-9(21)12(18(42-8)33-15-11(29-31-33)16(34)27-19(23)26-15)43-45(37,46)40-3-6-2-7(20)17(41-6)32-14-10(28-30-32)13(22)24-5-25-14;20-7-5-1-37-43(34,35)41-11-6(40-17(8(11)21)32-14-9(29-30-32)13(22)24-3-25-14)2-38-44(36,45)42-12(7)18(39-5)31-4-26-10-15(31)27-19(23)28-16(10)33/h1-2,6-7,9-11,13,18-19H,3-5H2,(H,33,34)(H,35,44)(H2,22,24,25)(H3,23,26,27,32);5-9,12,17-18H,2-4H2,1H3,(H,35,36)(H,37,46)(H2,22,24,25)(H3,23,26,27,34);3-8,11-12,17-18H,1-2H2,(H,34,35)(H,36,45)(H2,22,24,25)(H3,23,27,28,33)/t7-,9+,10+,11-,13+,18+,19+,43?;6-,7-,8+,9-,12+,17+,18+,45?;5-,6-,7-,8+,11-,12-,17-,18-,44?/m001/s1. The highest BCUT2D eigenvalue weighted by atomic mass is 32.5. The van der Waals surface area contributed by atoms with Crippen molar-refractivity contribution in [3.05, 3.63) is 68.6 Å². The van der Waals surface area contributed by atoms with Crippen LogP contribution in [-0.2, 0) is 132 Å². The van der Waals surface area contributed by atoms with Gasteiger partial charge in [0, 0.05) is 26.1 Å². The number of H-pyrrole nitrogens is 3. The minimum atomic E-state index is -5.17. The summed E-state index contributed by atoms with van der Waals surface area (Å²) in [5.41, 5.74) is 31.7. The molecular weight excluding hydrogens is 2020 g/mol. The number of rotatable bonds is 15. The molecule has 4 bridgehead atoms. The Morgan fingerprint density at radius 3 is 1.60 bits per heavy atom. The number of fused-ring (bicyclic) bond motifs is 12. The lowest BCUT2D eigenvalue weighted by Crippen LogP contribution is -2.34. The van der Waals surface area contributed by atoms with E-state index >= 15 is 22.0 Å². The van der Waals surface area contributed by atoms with E-state index in [1.807, 2.05) is 0 Å². The molecule has 6 unspecified atom stereocenters. The summed E-state index contributed by atoms with van der Waals surface area (Å²) in [7, 11) is -13.8. The molecule has 0 aromatic carbocycles. The lowest BCUT2D eigenvalue weighted by molar-refractivity contribution is -0.0665. The molecule has 135 heavy (non-hydrogen) atoms. The van der Waals surface area contributed by atoms with Crippen molar-refractivity contribution in [1.82, 2.24) is 134 Å². The van der Waals surface area contributed by atoms with Crippen LogP contribution in [0.4, 0.5) is 57.3 Å². The molecule has 20 rings (SSSR count). The number of aromatic nitrogens is 27. The second-order valence-electron chi connectivity index (χ2n) is 29.8. The van der Waals surface area contributed by atoms with Gasteiger partial charge in [-0.15, -0.1) is 20.4 Å². The number of halogens is 5. The van der Waals surface area contributed by atoms with Gasteiger partial charge in [0.15, 0.2) is 130 Å². The van der Waals surface area contributed by atoms with Crippen molar-refractivity contribution in [2.24, 2.45) is 0 Å². The van der Waals surface area contributed by atoms with E-state index in [1.165, 1.54) is 17.1 Å². The zero-order valence-electron chi connectivity index (χ0n) is 67.3.